The van der Waals surface area contributed by atoms with Crippen molar-refractivity contribution in [2.75, 3.05) is 14.2 Å². The summed E-state index contributed by atoms with van der Waals surface area (Å²) in [5.74, 6) is 0. The third kappa shape index (κ3) is 7.13. The number of aromatic nitrogens is 1. The molecule has 0 N–H and O–H groups in total. The molecule has 2 heterocycles. The zero-order valence-electron chi connectivity index (χ0n) is 33.7. The summed E-state index contributed by atoms with van der Waals surface area (Å²) in [6, 6.07) is 79.7. The first kappa shape index (κ1) is 37.0. The van der Waals surface area contributed by atoms with Crippen molar-refractivity contribution in [2.24, 2.45) is 0 Å². The van der Waals surface area contributed by atoms with Gasteiger partial charge in [0, 0.05) is 11.4 Å². The molecule has 0 fully saturated rings. The van der Waals surface area contributed by atoms with E-state index in [1.165, 1.54) is 64.0 Å². The van der Waals surface area contributed by atoms with Crippen LogP contribution in [0.2, 0.25) is 0 Å². The molecule has 10 aromatic rings. The SMILES string of the molecule is Cc1ccc2cc(C3=C(N(c4ccccc4)c4ccccc4)c4ccc(-c5ccc6cc7cc(N(c8ccccc8)c8ccccc8)ccc7cc6c5)cc4[I-]C3)ccc2n1. The number of rotatable bonds is 8. The third-order valence-electron chi connectivity index (χ3n) is 11.7. The minimum atomic E-state index is -0.329. The molecule has 1 aliphatic heterocycles. The molecular weight excluding hydrogens is 854 g/mol. The Kier molecular flexibility index (Phi) is 9.63. The predicted molar refractivity (Wildman–Crippen MR) is 253 cm³/mol. The number of fused-ring (bicyclic) bond motifs is 4. The number of anilines is 5. The van der Waals surface area contributed by atoms with Gasteiger partial charge in [-0.15, -0.1) is 0 Å². The summed E-state index contributed by atoms with van der Waals surface area (Å²) in [4.78, 5) is 9.63. The normalized spacial score (nSPS) is 12.6. The van der Waals surface area contributed by atoms with Crippen molar-refractivity contribution in [3.05, 3.63) is 239 Å². The van der Waals surface area contributed by atoms with Gasteiger partial charge in [0.25, 0.3) is 0 Å². The average Bonchev–Trinajstić information content (AvgIpc) is 3.32. The molecule has 0 atom stereocenters. The molecule has 1 aromatic heterocycles. The predicted octanol–water partition coefficient (Wildman–Crippen LogP) is 12.0. The number of para-hydroxylation sites is 4. The van der Waals surface area contributed by atoms with E-state index >= 15 is 0 Å². The summed E-state index contributed by atoms with van der Waals surface area (Å²) in [5, 5.41) is 6.11. The molecule has 3 nitrogen and oxygen atoms in total. The first-order valence-corrected chi connectivity index (χ1v) is 23.4. The van der Waals surface area contributed by atoms with Gasteiger partial charge in [-0.05, 0) is 24.3 Å². The van der Waals surface area contributed by atoms with Crippen LogP contribution in [0.4, 0.5) is 28.4 Å². The van der Waals surface area contributed by atoms with Gasteiger partial charge in [0.1, 0.15) is 0 Å². The summed E-state index contributed by atoms with van der Waals surface area (Å²) < 4.78 is 2.50. The number of alkyl halides is 1. The fourth-order valence-corrected chi connectivity index (χ4v) is 11.7. The number of halogens is 1. The number of nitrogens with zero attached hydrogens (tertiary/aromatic N) is 3. The monoisotopic (exact) mass is 894 g/mol. The Balaban J connectivity index is 1.00. The Morgan fingerprint density at radius 1 is 0.393 bits per heavy atom. The second kappa shape index (κ2) is 15.9. The maximum atomic E-state index is 4.83. The average molecular weight is 895 g/mol. The van der Waals surface area contributed by atoms with E-state index in [-0.39, 0.29) is 21.2 Å². The molecule has 0 bridgehead atoms. The maximum absolute atomic E-state index is 4.83. The Hall–Kier alpha value is -7.02. The van der Waals surface area contributed by atoms with Crippen LogP contribution in [0.1, 0.15) is 16.8 Å². The Morgan fingerprint density at radius 2 is 0.902 bits per heavy atom. The van der Waals surface area contributed by atoms with Crippen LogP contribution in [-0.4, -0.2) is 9.41 Å². The standard InChI is InChI=1S/C57H41IN3/c1-39-22-23-45-35-44(28-31-56(45)59-39)54-38-58-55-37-43(27-30-53(55)57(54)61(50-18-10-4-11-19-50)51-20-12-5-13-21-51)40-24-25-41-34-47-36-52(29-26-42(47)33-46(41)32-40)60(48-14-6-2-7-15-48)49-16-8-3-9-17-49/h2-37H,38H2,1H3/q-1. The summed E-state index contributed by atoms with van der Waals surface area (Å²) in [6.07, 6.45) is 0. The topological polar surface area (TPSA) is 19.4 Å². The summed E-state index contributed by atoms with van der Waals surface area (Å²) in [6.45, 7) is 2.06. The summed E-state index contributed by atoms with van der Waals surface area (Å²) in [7, 11) is 0. The van der Waals surface area contributed by atoms with Crippen LogP contribution >= 0.6 is 0 Å². The molecule has 4 heteroatoms. The summed E-state index contributed by atoms with van der Waals surface area (Å²) >= 11 is -0.329. The van der Waals surface area contributed by atoms with Crippen molar-refractivity contribution in [1.29, 1.82) is 0 Å². The van der Waals surface area contributed by atoms with Crippen LogP contribution < -0.4 is 31.0 Å². The van der Waals surface area contributed by atoms with Gasteiger partial charge >= 0.3 is 297 Å². The number of hydrogen-bond acceptors (Lipinski definition) is 3. The fraction of sp³-hybridized carbons (Fsp3) is 0.0351. The van der Waals surface area contributed by atoms with E-state index in [4.69, 9.17) is 4.98 Å². The number of aryl methyl sites for hydroxylation is 1. The van der Waals surface area contributed by atoms with Crippen LogP contribution in [-0.2, 0) is 0 Å². The van der Waals surface area contributed by atoms with E-state index in [1.807, 2.05) is 0 Å². The molecule has 0 aliphatic carbocycles. The molecule has 0 amide bonds. The molecule has 0 unspecified atom stereocenters. The minimum absolute atomic E-state index is 0.329. The van der Waals surface area contributed by atoms with E-state index in [9.17, 15) is 0 Å². The molecule has 292 valence electrons. The van der Waals surface area contributed by atoms with Crippen molar-refractivity contribution in [1.82, 2.24) is 4.98 Å². The van der Waals surface area contributed by atoms with Crippen molar-refractivity contribution in [3.8, 4) is 11.1 Å². The van der Waals surface area contributed by atoms with Crippen molar-refractivity contribution < 1.29 is 21.2 Å². The van der Waals surface area contributed by atoms with Gasteiger partial charge in [-0.25, -0.2) is 0 Å². The zero-order chi connectivity index (χ0) is 40.7. The third-order valence-corrected chi connectivity index (χ3v) is 14.5. The number of hydrogen-bond donors (Lipinski definition) is 0. The first-order chi connectivity index (χ1) is 30.1. The molecule has 1 aliphatic rings. The van der Waals surface area contributed by atoms with Crippen LogP contribution in [0.25, 0.3) is 54.8 Å². The Bertz CT molecular complexity index is 3180. The van der Waals surface area contributed by atoms with E-state index in [0.717, 1.165) is 44.1 Å². The second-order valence-corrected chi connectivity index (χ2v) is 18.3. The molecule has 11 rings (SSSR count). The van der Waals surface area contributed by atoms with Crippen LogP contribution in [0.3, 0.4) is 0 Å². The number of allylic oxidation sites excluding steroid dienone is 1. The molecular formula is C57H41IN3-. The number of benzene rings is 9. The van der Waals surface area contributed by atoms with Crippen LogP contribution in [0, 0.1) is 10.5 Å². The van der Waals surface area contributed by atoms with Crippen molar-refractivity contribution in [2.45, 2.75) is 6.92 Å². The Labute approximate surface area is 367 Å². The molecule has 0 saturated heterocycles. The van der Waals surface area contributed by atoms with Crippen LogP contribution in [0.15, 0.2) is 218 Å². The van der Waals surface area contributed by atoms with Crippen molar-refractivity contribution in [3.63, 3.8) is 0 Å². The fourth-order valence-electron chi connectivity index (χ4n) is 8.71. The van der Waals surface area contributed by atoms with Gasteiger partial charge in [0.2, 0.25) is 0 Å². The quantitative estimate of drug-likeness (QED) is 0.0861. The molecule has 61 heavy (non-hydrogen) atoms. The van der Waals surface area contributed by atoms with Gasteiger partial charge < -0.3 is 0 Å². The van der Waals surface area contributed by atoms with Gasteiger partial charge in [0.05, 0.1) is 0 Å². The molecule has 9 aromatic carbocycles. The Morgan fingerprint density at radius 3 is 1.54 bits per heavy atom. The van der Waals surface area contributed by atoms with Gasteiger partial charge in [0.15, 0.2) is 0 Å². The van der Waals surface area contributed by atoms with Crippen molar-refractivity contribution >= 4 is 72.2 Å². The van der Waals surface area contributed by atoms with E-state index < -0.39 is 0 Å². The molecule has 0 radical (unpaired) electrons. The van der Waals surface area contributed by atoms with Gasteiger partial charge in [-0.2, -0.15) is 0 Å². The number of pyridine rings is 1. The molecule has 0 saturated carbocycles. The second-order valence-electron chi connectivity index (χ2n) is 15.6. The van der Waals surface area contributed by atoms with E-state index in [2.05, 4.69) is 235 Å². The van der Waals surface area contributed by atoms with E-state index in [0.29, 0.717) is 0 Å². The van der Waals surface area contributed by atoms with Gasteiger partial charge in [-0.3, -0.25) is 0 Å². The first-order valence-electron chi connectivity index (χ1n) is 20.8. The summed E-state index contributed by atoms with van der Waals surface area (Å²) in [5.41, 5.74) is 15.5. The van der Waals surface area contributed by atoms with E-state index in [1.54, 1.807) is 0 Å². The zero-order valence-corrected chi connectivity index (χ0v) is 35.9. The van der Waals surface area contributed by atoms with Gasteiger partial charge in [-0.1, -0.05) is 36.4 Å². The van der Waals surface area contributed by atoms with Crippen LogP contribution in [0.5, 0.6) is 0 Å². The molecule has 0 spiro atoms.